The number of carbonyl (C=O) groups is 1. The van der Waals surface area contributed by atoms with Crippen LogP contribution in [0.4, 0.5) is 0 Å². The second-order valence-corrected chi connectivity index (χ2v) is 4.56. The first kappa shape index (κ1) is 14.4. The van der Waals surface area contributed by atoms with Crippen LogP contribution in [0.2, 0.25) is 0 Å². The van der Waals surface area contributed by atoms with E-state index in [0.29, 0.717) is 19.8 Å². The Morgan fingerprint density at radius 3 is 2.76 bits per heavy atom. The molecule has 0 amide bonds. The van der Waals surface area contributed by atoms with E-state index in [1.807, 2.05) is 11.9 Å². The molecule has 0 aliphatic heterocycles. The number of likely N-dealkylation sites (N-methyl/N-ethyl adjacent to an activating group) is 1. The molecule has 0 aromatic carbocycles. The third-order valence-electron chi connectivity index (χ3n) is 2.79. The average Bonchev–Trinajstić information content (AvgIpc) is 3.07. The van der Waals surface area contributed by atoms with Crippen molar-refractivity contribution in [1.29, 1.82) is 0 Å². The summed E-state index contributed by atoms with van der Waals surface area (Å²) in [6.45, 7) is 4.87. The number of hydrogen-bond acceptors (Lipinski definition) is 4. The lowest BCUT2D eigenvalue weighted by Crippen LogP contribution is -2.38. The van der Waals surface area contributed by atoms with Gasteiger partial charge in [0.1, 0.15) is 0 Å². The monoisotopic (exact) mass is 245 g/mol. The zero-order chi connectivity index (χ0) is 12.7. The second-order valence-electron chi connectivity index (χ2n) is 4.56. The molecule has 1 aliphatic carbocycles. The number of aliphatic carboxylic acids is 1. The molecule has 0 saturated heterocycles. The van der Waals surface area contributed by atoms with Gasteiger partial charge in [0.25, 0.3) is 0 Å². The molecule has 0 spiro atoms. The molecule has 1 N–H and O–H groups in total. The molecule has 0 aromatic rings. The molecule has 100 valence electrons. The van der Waals surface area contributed by atoms with E-state index in [9.17, 15) is 4.79 Å². The molecule has 1 atom stereocenters. The Hall–Kier alpha value is -0.650. The molecule has 5 heteroatoms. The van der Waals surface area contributed by atoms with Crippen molar-refractivity contribution in [3.05, 3.63) is 0 Å². The first-order valence-electron chi connectivity index (χ1n) is 6.24. The fourth-order valence-electron chi connectivity index (χ4n) is 1.53. The topological polar surface area (TPSA) is 59.0 Å². The molecule has 0 heterocycles. The van der Waals surface area contributed by atoms with E-state index in [2.05, 4.69) is 0 Å². The van der Waals surface area contributed by atoms with Crippen molar-refractivity contribution >= 4 is 5.97 Å². The van der Waals surface area contributed by atoms with Gasteiger partial charge in [-0.2, -0.15) is 0 Å². The van der Waals surface area contributed by atoms with E-state index in [4.69, 9.17) is 14.6 Å². The first-order chi connectivity index (χ1) is 8.13. The maximum Gasteiger partial charge on any atom is 0.334 e. The Morgan fingerprint density at radius 2 is 2.24 bits per heavy atom. The van der Waals surface area contributed by atoms with E-state index < -0.39 is 12.1 Å². The Morgan fingerprint density at radius 1 is 1.53 bits per heavy atom. The number of carboxylic acid groups (broad SMARTS) is 1. The zero-order valence-electron chi connectivity index (χ0n) is 10.7. The number of rotatable bonds is 10. The van der Waals surface area contributed by atoms with Crippen molar-refractivity contribution in [2.45, 2.75) is 25.9 Å². The van der Waals surface area contributed by atoms with Crippen LogP contribution >= 0.6 is 0 Å². The summed E-state index contributed by atoms with van der Waals surface area (Å²) < 4.78 is 10.6. The second kappa shape index (κ2) is 7.63. The highest BCUT2D eigenvalue weighted by molar-refractivity contribution is 5.72. The smallest absolute Gasteiger partial charge is 0.334 e. The van der Waals surface area contributed by atoms with E-state index in [1.165, 1.54) is 12.8 Å². The van der Waals surface area contributed by atoms with Gasteiger partial charge >= 0.3 is 5.97 Å². The van der Waals surface area contributed by atoms with E-state index in [0.717, 1.165) is 19.1 Å². The highest BCUT2D eigenvalue weighted by Crippen LogP contribution is 2.28. The summed E-state index contributed by atoms with van der Waals surface area (Å²) in [5.41, 5.74) is 0. The van der Waals surface area contributed by atoms with Gasteiger partial charge in [0.05, 0.1) is 6.61 Å². The third kappa shape index (κ3) is 6.61. The highest BCUT2D eigenvalue weighted by Gasteiger charge is 2.21. The average molecular weight is 245 g/mol. The van der Waals surface area contributed by atoms with Gasteiger partial charge in [-0.15, -0.1) is 0 Å². The summed E-state index contributed by atoms with van der Waals surface area (Å²) in [4.78, 5) is 12.8. The van der Waals surface area contributed by atoms with Gasteiger partial charge < -0.3 is 19.5 Å². The SMILES string of the molecule is CCOC(CN(C)CCOCC1CC1)C(=O)O. The first-order valence-corrected chi connectivity index (χ1v) is 6.24. The van der Waals surface area contributed by atoms with E-state index >= 15 is 0 Å². The molecule has 0 radical (unpaired) electrons. The fourth-order valence-corrected chi connectivity index (χ4v) is 1.53. The maximum atomic E-state index is 10.9. The molecular formula is C12H23NO4. The van der Waals surface area contributed by atoms with Crippen molar-refractivity contribution in [2.24, 2.45) is 5.92 Å². The summed E-state index contributed by atoms with van der Waals surface area (Å²) in [6, 6.07) is 0. The molecule has 1 unspecified atom stereocenters. The molecule has 0 bridgehead atoms. The van der Waals surface area contributed by atoms with Gasteiger partial charge in [0.15, 0.2) is 6.10 Å². The Labute approximate surface area is 103 Å². The summed E-state index contributed by atoms with van der Waals surface area (Å²) in [7, 11) is 1.88. The Balaban J connectivity index is 2.07. The number of ether oxygens (including phenoxy) is 2. The van der Waals surface area contributed by atoms with Crippen LogP contribution in [-0.4, -0.2) is 62.0 Å². The fraction of sp³-hybridized carbons (Fsp3) is 0.917. The molecule has 1 aliphatic rings. The Bertz CT molecular complexity index is 231. The maximum absolute atomic E-state index is 10.9. The number of carboxylic acids is 1. The van der Waals surface area contributed by atoms with Gasteiger partial charge in [-0.25, -0.2) is 4.79 Å². The van der Waals surface area contributed by atoms with Crippen LogP contribution in [0.3, 0.4) is 0 Å². The predicted octanol–water partition coefficient (Wildman–Crippen LogP) is 0.835. The molecule has 0 aromatic heterocycles. The van der Waals surface area contributed by atoms with Crippen LogP contribution in [0, 0.1) is 5.92 Å². The summed E-state index contributed by atoms with van der Waals surface area (Å²) >= 11 is 0. The van der Waals surface area contributed by atoms with Crippen LogP contribution in [0.25, 0.3) is 0 Å². The highest BCUT2D eigenvalue weighted by atomic mass is 16.5. The van der Waals surface area contributed by atoms with Crippen molar-refractivity contribution in [3.8, 4) is 0 Å². The molecule has 1 saturated carbocycles. The van der Waals surface area contributed by atoms with Crippen LogP contribution in [0.5, 0.6) is 0 Å². The lowest BCUT2D eigenvalue weighted by Gasteiger charge is -2.21. The summed E-state index contributed by atoms with van der Waals surface area (Å²) in [5, 5.41) is 8.92. The Kier molecular flexibility index (Phi) is 6.47. The van der Waals surface area contributed by atoms with Crippen molar-refractivity contribution in [1.82, 2.24) is 4.90 Å². The number of hydrogen-bond donors (Lipinski definition) is 1. The van der Waals surface area contributed by atoms with E-state index in [1.54, 1.807) is 6.92 Å². The zero-order valence-corrected chi connectivity index (χ0v) is 10.7. The van der Waals surface area contributed by atoms with Gasteiger partial charge in [-0.05, 0) is 32.7 Å². The standard InChI is InChI=1S/C12H23NO4/c1-3-17-11(12(14)15)8-13(2)6-7-16-9-10-4-5-10/h10-11H,3-9H2,1-2H3,(H,14,15). The molecule has 17 heavy (non-hydrogen) atoms. The third-order valence-corrected chi connectivity index (χ3v) is 2.79. The largest absolute Gasteiger partial charge is 0.479 e. The summed E-state index contributed by atoms with van der Waals surface area (Å²) in [6.07, 6.45) is 1.84. The summed E-state index contributed by atoms with van der Waals surface area (Å²) in [5.74, 6) is -0.131. The molecular weight excluding hydrogens is 222 g/mol. The van der Waals surface area contributed by atoms with Crippen LogP contribution < -0.4 is 0 Å². The minimum atomic E-state index is -0.905. The van der Waals surface area contributed by atoms with Crippen molar-refractivity contribution in [3.63, 3.8) is 0 Å². The number of nitrogens with zero attached hydrogens (tertiary/aromatic N) is 1. The quantitative estimate of drug-likeness (QED) is 0.578. The van der Waals surface area contributed by atoms with Crippen molar-refractivity contribution < 1.29 is 19.4 Å². The van der Waals surface area contributed by atoms with Crippen LogP contribution in [0.15, 0.2) is 0 Å². The van der Waals surface area contributed by atoms with Crippen LogP contribution in [0.1, 0.15) is 19.8 Å². The van der Waals surface area contributed by atoms with Crippen LogP contribution in [-0.2, 0) is 14.3 Å². The normalized spacial score (nSPS) is 17.4. The lowest BCUT2D eigenvalue weighted by atomic mass is 10.3. The molecule has 1 fully saturated rings. The van der Waals surface area contributed by atoms with E-state index in [-0.39, 0.29) is 0 Å². The van der Waals surface area contributed by atoms with Gasteiger partial charge in [-0.3, -0.25) is 0 Å². The predicted molar refractivity (Wildman–Crippen MR) is 64.1 cm³/mol. The molecule has 5 nitrogen and oxygen atoms in total. The minimum Gasteiger partial charge on any atom is -0.479 e. The lowest BCUT2D eigenvalue weighted by molar-refractivity contribution is -0.151. The van der Waals surface area contributed by atoms with Gasteiger partial charge in [0, 0.05) is 26.3 Å². The van der Waals surface area contributed by atoms with Gasteiger partial charge in [0.2, 0.25) is 0 Å². The molecule has 1 rings (SSSR count). The van der Waals surface area contributed by atoms with Crippen molar-refractivity contribution in [2.75, 3.05) is 40.0 Å². The van der Waals surface area contributed by atoms with Gasteiger partial charge in [-0.1, -0.05) is 0 Å². The minimum absolute atomic E-state index is 0.399.